The molecule has 1 unspecified atom stereocenters. The fourth-order valence-electron chi connectivity index (χ4n) is 7.69. The molecule has 4 aromatic rings. The maximum absolute atomic E-state index is 16.7. The summed E-state index contributed by atoms with van der Waals surface area (Å²) in [6.45, 7) is 3.89. The van der Waals surface area contributed by atoms with Crippen LogP contribution in [-0.2, 0) is 0 Å². The van der Waals surface area contributed by atoms with Crippen LogP contribution in [0.25, 0.3) is 32.2 Å². The molecule has 3 atom stereocenters. The number of nitrogens with one attached hydrogen (secondary N) is 1. The number of rotatable bonds is 5. The topological polar surface area (TPSA) is 92.4 Å². The Morgan fingerprint density at radius 3 is 2.77 bits per heavy atom. The van der Waals surface area contributed by atoms with E-state index in [9.17, 15) is 8.78 Å². The fourth-order valence-corrected chi connectivity index (χ4v) is 8.75. The van der Waals surface area contributed by atoms with Crippen LogP contribution in [0.15, 0.2) is 18.2 Å². The highest BCUT2D eigenvalue weighted by Crippen LogP contribution is 2.44. The maximum atomic E-state index is 16.7. The number of nitrogens with two attached hydrogens (primary N) is 1. The minimum Gasteiger partial charge on any atom is -0.461 e. The van der Waals surface area contributed by atoms with Gasteiger partial charge >= 0.3 is 6.01 Å². The fraction of sp³-hybridized carbons (Fsp3) is 0.500. The minimum absolute atomic E-state index is 0.00634. The Labute approximate surface area is 255 Å². The standard InChI is InChI=1S/C30H31ClF3N7OS/c31-19-11-18-23(22(34)21(19)17-3-4-20(33)25-24(17)37-27(35)43-25)38-28(42-15-30-6-2-10-41(30)13-16(32)12-30)39-26(18)40-9-1-5-29(14-40)7-8-36-29/h3-4,11,16,36H,1-2,5-10,12-15H2,(H2,35,37)/t16-,29?,30+/m1/s1. The van der Waals surface area contributed by atoms with Crippen LogP contribution in [0.3, 0.4) is 0 Å². The molecule has 2 aromatic carbocycles. The van der Waals surface area contributed by atoms with Gasteiger partial charge in [0.15, 0.2) is 10.9 Å². The van der Waals surface area contributed by atoms with E-state index >= 15 is 4.39 Å². The SMILES string of the molecule is Nc1nc2c(-c3c(Cl)cc4c(N5CCCC6(CCN6)C5)nc(OC[C@@]56CCCN5C[C@H](F)C6)nc4c3F)ccc(F)c2s1. The summed E-state index contributed by atoms with van der Waals surface area (Å²) in [6.07, 6.45) is 4.40. The first-order valence-corrected chi connectivity index (χ1v) is 16.0. The van der Waals surface area contributed by atoms with E-state index < -0.39 is 23.3 Å². The van der Waals surface area contributed by atoms with Crippen LogP contribution in [0.2, 0.25) is 5.02 Å². The second kappa shape index (κ2) is 10.0. The lowest BCUT2D eigenvalue weighted by Crippen LogP contribution is -2.65. The molecule has 226 valence electrons. The van der Waals surface area contributed by atoms with Gasteiger partial charge in [-0.3, -0.25) is 4.90 Å². The summed E-state index contributed by atoms with van der Waals surface area (Å²) in [4.78, 5) is 18.0. The molecule has 8 rings (SSSR count). The van der Waals surface area contributed by atoms with E-state index in [-0.39, 0.29) is 49.6 Å². The van der Waals surface area contributed by atoms with Gasteiger partial charge in [0.2, 0.25) is 0 Å². The van der Waals surface area contributed by atoms with Crippen molar-refractivity contribution in [2.24, 2.45) is 0 Å². The number of nitrogen functional groups attached to an aromatic ring is 1. The third-order valence-electron chi connectivity index (χ3n) is 9.83. The summed E-state index contributed by atoms with van der Waals surface area (Å²) < 4.78 is 52.3. The molecule has 43 heavy (non-hydrogen) atoms. The van der Waals surface area contributed by atoms with Gasteiger partial charge in [-0.1, -0.05) is 22.9 Å². The molecule has 4 aliphatic rings. The van der Waals surface area contributed by atoms with Gasteiger partial charge in [-0.25, -0.2) is 18.2 Å². The lowest BCUT2D eigenvalue weighted by Gasteiger charge is -2.50. The number of hydrogen-bond donors (Lipinski definition) is 2. The zero-order chi connectivity index (χ0) is 29.5. The molecule has 8 nitrogen and oxygen atoms in total. The quantitative estimate of drug-likeness (QED) is 0.290. The Bertz CT molecular complexity index is 1770. The van der Waals surface area contributed by atoms with Gasteiger partial charge in [-0.2, -0.15) is 9.97 Å². The summed E-state index contributed by atoms with van der Waals surface area (Å²) in [5.74, 6) is -0.607. The number of aromatic nitrogens is 3. The average molecular weight is 630 g/mol. The van der Waals surface area contributed by atoms with E-state index in [0.717, 1.165) is 69.6 Å². The van der Waals surface area contributed by atoms with E-state index in [1.165, 1.54) is 12.1 Å². The smallest absolute Gasteiger partial charge is 0.319 e. The minimum atomic E-state index is -0.897. The molecule has 6 heterocycles. The van der Waals surface area contributed by atoms with Crippen molar-refractivity contribution in [1.82, 2.24) is 25.2 Å². The second-order valence-electron chi connectivity index (χ2n) is 12.4. The van der Waals surface area contributed by atoms with Crippen molar-refractivity contribution in [2.45, 2.75) is 55.8 Å². The summed E-state index contributed by atoms with van der Waals surface area (Å²) in [5, 5.41) is 4.36. The van der Waals surface area contributed by atoms with E-state index in [0.29, 0.717) is 29.7 Å². The van der Waals surface area contributed by atoms with Crippen molar-refractivity contribution in [1.29, 1.82) is 0 Å². The Balaban J connectivity index is 1.26. The van der Waals surface area contributed by atoms with Crippen LogP contribution in [0.5, 0.6) is 6.01 Å². The normalized spacial score (nSPS) is 27.3. The highest BCUT2D eigenvalue weighted by atomic mass is 35.5. The zero-order valence-electron chi connectivity index (χ0n) is 23.4. The Kier molecular flexibility index (Phi) is 6.45. The number of nitrogens with zero attached hydrogens (tertiary/aromatic N) is 5. The zero-order valence-corrected chi connectivity index (χ0v) is 25.0. The average Bonchev–Trinajstić information content (AvgIpc) is 3.64. The summed E-state index contributed by atoms with van der Waals surface area (Å²) in [6, 6.07) is 4.45. The first-order chi connectivity index (χ1) is 20.7. The number of fused-ring (bicyclic) bond motifs is 3. The van der Waals surface area contributed by atoms with Gasteiger partial charge in [-0.05, 0) is 63.4 Å². The molecule has 2 aromatic heterocycles. The van der Waals surface area contributed by atoms with Gasteiger partial charge < -0.3 is 20.7 Å². The molecule has 13 heteroatoms. The highest BCUT2D eigenvalue weighted by Gasteiger charge is 2.49. The third kappa shape index (κ3) is 4.43. The van der Waals surface area contributed by atoms with Crippen molar-refractivity contribution >= 4 is 55.0 Å². The third-order valence-corrected chi connectivity index (χ3v) is 11.0. The highest BCUT2D eigenvalue weighted by molar-refractivity contribution is 7.22. The molecule has 1 spiro atoms. The largest absolute Gasteiger partial charge is 0.461 e. The van der Waals surface area contributed by atoms with Crippen molar-refractivity contribution in [3.8, 4) is 17.1 Å². The van der Waals surface area contributed by atoms with Crippen LogP contribution >= 0.6 is 22.9 Å². The van der Waals surface area contributed by atoms with Gasteiger partial charge in [0.25, 0.3) is 0 Å². The predicted octanol–water partition coefficient (Wildman–Crippen LogP) is 5.71. The van der Waals surface area contributed by atoms with Gasteiger partial charge in [-0.15, -0.1) is 0 Å². The molecule has 4 fully saturated rings. The van der Waals surface area contributed by atoms with Crippen molar-refractivity contribution < 1.29 is 17.9 Å². The first kappa shape index (κ1) is 27.6. The Morgan fingerprint density at radius 2 is 1.95 bits per heavy atom. The molecule has 0 radical (unpaired) electrons. The van der Waals surface area contributed by atoms with Crippen molar-refractivity contribution in [3.63, 3.8) is 0 Å². The maximum Gasteiger partial charge on any atom is 0.319 e. The summed E-state index contributed by atoms with van der Waals surface area (Å²) >= 11 is 7.80. The summed E-state index contributed by atoms with van der Waals surface area (Å²) in [5.41, 5.74) is 6.19. The molecule has 0 saturated carbocycles. The van der Waals surface area contributed by atoms with Crippen LogP contribution < -0.4 is 20.7 Å². The summed E-state index contributed by atoms with van der Waals surface area (Å²) in [7, 11) is 0. The Morgan fingerprint density at radius 1 is 1.12 bits per heavy atom. The van der Waals surface area contributed by atoms with E-state index in [1.807, 2.05) is 0 Å². The van der Waals surface area contributed by atoms with Gasteiger partial charge in [0, 0.05) is 48.1 Å². The number of thiazole rings is 1. The molecule has 3 N–H and O–H groups in total. The van der Waals surface area contributed by atoms with Crippen molar-refractivity contribution in [3.05, 3.63) is 34.9 Å². The van der Waals surface area contributed by atoms with Gasteiger partial charge in [0.1, 0.15) is 29.9 Å². The Hall–Kier alpha value is -2.93. The van der Waals surface area contributed by atoms with Crippen LogP contribution in [0, 0.1) is 11.6 Å². The molecule has 4 saturated heterocycles. The molecular formula is C30H31ClF3N7OS. The van der Waals surface area contributed by atoms with E-state index in [4.69, 9.17) is 27.1 Å². The molecule has 0 bridgehead atoms. The second-order valence-corrected chi connectivity index (χ2v) is 13.9. The number of ether oxygens (including phenoxy) is 1. The number of benzene rings is 2. The van der Waals surface area contributed by atoms with Crippen LogP contribution in [0.4, 0.5) is 24.1 Å². The van der Waals surface area contributed by atoms with E-state index in [1.54, 1.807) is 6.07 Å². The van der Waals surface area contributed by atoms with Gasteiger partial charge in [0.05, 0.1) is 20.8 Å². The molecule has 0 aliphatic carbocycles. The predicted molar refractivity (Wildman–Crippen MR) is 163 cm³/mol. The number of piperidine rings is 1. The first-order valence-electron chi connectivity index (χ1n) is 14.8. The molecule has 4 aliphatic heterocycles. The monoisotopic (exact) mass is 629 g/mol. The van der Waals surface area contributed by atoms with Crippen LogP contribution in [-0.4, -0.2) is 76.4 Å². The number of anilines is 2. The van der Waals surface area contributed by atoms with Crippen molar-refractivity contribution in [2.75, 3.05) is 50.0 Å². The van der Waals surface area contributed by atoms with Crippen LogP contribution in [0.1, 0.15) is 38.5 Å². The number of alkyl halides is 1. The lowest BCUT2D eigenvalue weighted by atomic mass is 9.80. The van der Waals surface area contributed by atoms with E-state index in [2.05, 4.69) is 25.1 Å². The molecule has 0 amide bonds. The molecular weight excluding hydrogens is 599 g/mol. The number of hydrogen-bond acceptors (Lipinski definition) is 9. The number of halogens is 4. The lowest BCUT2D eigenvalue weighted by molar-refractivity contribution is 0.107.